The Labute approximate surface area is 127 Å². The van der Waals surface area contributed by atoms with Gasteiger partial charge in [0.25, 0.3) is 0 Å². The van der Waals surface area contributed by atoms with Gasteiger partial charge in [0, 0.05) is 5.56 Å². The van der Waals surface area contributed by atoms with Gasteiger partial charge >= 0.3 is 5.97 Å². The van der Waals surface area contributed by atoms with E-state index >= 15 is 0 Å². The number of esters is 1. The van der Waals surface area contributed by atoms with Crippen LogP contribution < -0.4 is 14.2 Å². The highest BCUT2D eigenvalue weighted by atomic mass is 16.6. The van der Waals surface area contributed by atoms with Gasteiger partial charge in [0.1, 0.15) is 12.4 Å². The van der Waals surface area contributed by atoms with Gasteiger partial charge in [-0.25, -0.2) is 4.79 Å². The summed E-state index contributed by atoms with van der Waals surface area (Å²) in [4.78, 5) is 23.3. The second-order valence-electron chi connectivity index (χ2n) is 4.87. The van der Waals surface area contributed by atoms with Crippen LogP contribution in [0, 0.1) is 0 Å². The summed E-state index contributed by atoms with van der Waals surface area (Å²) < 4.78 is 16.3. The average molecular weight is 298 g/mol. The Morgan fingerprint density at radius 1 is 1.05 bits per heavy atom. The van der Waals surface area contributed by atoms with Gasteiger partial charge in [-0.3, -0.25) is 4.79 Å². The lowest BCUT2D eigenvalue weighted by molar-refractivity contribution is -0.144. The molecule has 0 radical (unpaired) electrons. The number of hydrogen-bond donors (Lipinski definition) is 0. The first-order valence-corrected chi connectivity index (χ1v) is 6.84. The van der Waals surface area contributed by atoms with E-state index < -0.39 is 12.1 Å². The van der Waals surface area contributed by atoms with Crippen LogP contribution in [0.15, 0.2) is 48.5 Å². The molecule has 2 aromatic carbocycles. The van der Waals surface area contributed by atoms with Crippen LogP contribution in [0.1, 0.15) is 17.3 Å². The smallest absolute Gasteiger partial charge is 0.356 e. The third kappa shape index (κ3) is 2.93. The van der Waals surface area contributed by atoms with Gasteiger partial charge in [0.2, 0.25) is 6.10 Å². The molecule has 0 bridgehead atoms. The van der Waals surface area contributed by atoms with Crippen LogP contribution >= 0.6 is 0 Å². The van der Waals surface area contributed by atoms with E-state index in [1.165, 1.54) is 6.92 Å². The van der Waals surface area contributed by atoms with E-state index in [1.807, 2.05) is 6.07 Å². The maximum atomic E-state index is 12.1. The molecule has 0 N–H and O–H groups in total. The first-order chi connectivity index (χ1) is 10.6. The molecule has 1 unspecified atom stereocenters. The zero-order valence-corrected chi connectivity index (χ0v) is 11.9. The Morgan fingerprint density at radius 3 is 2.41 bits per heavy atom. The van der Waals surface area contributed by atoms with Crippen LogP contribution in [0.4, 0.5) is 0 Å². The minimum atomic E-state index is -0.817. The van der Waals surface area contributed by atoms with Gasteiger partial charge in [-0.15, -0.1) is 0 Å². The van der Waals surface area contributed by atoms with Crippen molar-refractivity contribution in [3.8, 4) is 17.2 Å². The van der Waals surface area contributed by atoms with Gasteiger partial charge < -0.3 is 14.2 Å². The van der Waals surface area contributed by atoms with Crippen molar-refractivity contribution in [3.63, 3.8) is 0 Å². The third-order valence-corrected chi connectivity index (χ3v) is 3.25. The summed E-state index contributed by atoms with van der Waals surface area (Å²) in [6.45, 7) is 1.58. The van der Waals surface area contributed by atoms with Crippen LogP contribution in [-0.2, 0) is 4.79 Å². The second kappa shape index (κ2) is 5.89. The number of rotatable bonds is 3. The largest absolute Gasteiger partial charge is 0.485 e. The molecule has 0 aliphatic carbocycles. The maximum absolute atomic E-state index is 12.1. The number of carbonyl (C=O) groups is 2. The number of carbonyl (C=O) groups excluding carboxylic acids is 2. The van der Waals surface area contributed by atoms with Gasteiger partial charge in [-0.1, -0.05) is 12.1 Å². The number of ketones is 1. The number of ether oxygens (including phenoxy) is 3. The Kier molecular flexibility index (Phi) is 3.78. The predicted octanol–water partition coefficient (Wildman–Crippen LogP) is 2.63. The van der Waals surface area contributed by atoms with Crippen molar-refractivity contribution in [2.24, 2.45) is 0 Å². The molecule has 112 valence electrons. The summed E-state index contributed by atoms with van der Waals surface area (Å²) in [5.41, 5.74) is 0.561. The molecule has 22 heavy (non-hydrogen) atoms. The number of hydrogen-bond acceptors (Lipinski definition) is 5. The van der Waals surface area contributed by atoms with Gasteiger partial charge in [-0.2, -0.15) is 0 Å². The first-order valence-electron chi connectivity index (χ1n) is 6.84. The zero-order chi connectivity index (χ0) is 15.5. The van der Waals surface area contributed by atoms with E-state index in [1.54, 1.807) is 42.5 Å². The minimum absolute atomic E-state index is 0.0431. The lowest BCUT2D eigenvalue weighted by atomic mass is 10.1. The molecule has 5 heteroatoms. The van der Waals surface area contributed by atoms with Crippen molar-refractivity contribution in [1.29, 1.82) is 0 Å². The van der Waals surface area contributed by atoms with Crippen LogP contribution in [0.5, 0.6) is 17.2 Å². The number of Topliss-reactive ketones (excluding diaryl/α,β-unsaturated/α-hetero) is 1. The average Bonchev–Trinajstić information content (AvgIpc) is 2.55. The summed E-state index contributed by atoms with van der Waals surface area (Å²) >= 11 is 0. The molecule has 0 spiro atoms. The maximum Gasteiger partial charge on any atom is 0.356 e. The predicted molar refractivity (Wildman–Crippen MR) is 78.4 cm³/mol. The first kappa shape index (κ1) is 14.1. The SMILES string of the molecule is CC(=O)c1ccc(OC(=O)C2COc3ccccc3O2)cc1. The highest BCUT2D eigenvalue weighted by Crippen LogP contribution is 2.31. The molecule has 5 nitrogen and oxygen atoms in total. The number of fused-ring (bicyclic) bond motifs is 1. The Hall–Kier alpha value is -2.82. The molecular weight excluding hydrogens is 284 g/mol. The van der Waals surface area contributed by atoms with Crippen molar-refractivity contribution in [3.05, 3.63) is 54.1 Å². The molecule has 1 heterocycles. The summed E-state index contributed by atoms with van der Waals surface area (Å²) in [5.74, 6) is 0.904. The molecule has 0 aromatic heterocycles. The van der Waals surface area contributed by atoms with Gasteiger partial charge in [0.15, 0.2) is 17.3 Å². The normalized spacial score (nSPS) is 16.0. The fourth-order valence-corrected chi connectivity index (χ4v) is 2.08. The van der Waals surface area contributed by atoms with Crippen LogP contribution in [-0.4, -0.2) is 24.5 Å². The summed E-state index contributed by atoms with van der Waals surface area (Å²) in [5, 5.41) is 0. The molecule has 0 saturated heterocycles. The van der Waals surface area contributed by atoms with Crippen molar-refractivity contribution in [2.75, 3.05) is 6.61 Å². The van der Waals surface area contributed by atoms with Crippen LogP contribution in [0.3, 0.4) is 0 Å². The van der Waals surface area contributed by atoms with E-state index in [0.717, 1.165) is 0 Å². The molecule has 2 aromatic rings. The van der Waals surface area contributed by atoms with E-state index in [2.05, 4.69) is 0 Å². The van der Waals surface area contributed by atoms with Crippen molar-refractivity contribution in [2.45, 2.75) is 13.0 Å². The second-order valence-corrected chi connectivity index (χ2v) is 4.87. The summed E-state index contributed by atoms with van der Waals surface area (Å²) in [6, 6.07) is 13.5. The molecule has 1 atom stereocenters. The highest BCUT2D eigenvalue weighted by molar-refractivity contribution is 5.94. The molecular formula is C17H14O5. The Bertz CT molecular complexity index is 705. The van der Waals surface area contributed by atoms with Crippen molar-refractivity contribution < 1.29 is 23.8 Å². The lowest BCUT2D eigenvalue weighted by Crippen LogP contribution is -2.39. The van der Waals surface area contributed by atoms with Crippen molar-refractivity contribution >= 4 is 11.8 Å². The molecule has 0 fully saturated rings. The molecule has 3 rings (SSSR count). The summed E-state index contributed by atoms with van der Waals surface area (Å²) in [6.07, 6.45) is -0.817. The van der Waals surface area contributed by atoms with Gasteiger partial charge in [-0.05, 0) is 43.3 Å². The fourth-order valence-electron chi connectivity index (χ4n) is 2.08. The molecule has 0 amide bonds. The van der Waals surface area contributed by atoms with E-state index in [-0.39, 0.29) is 12.4 Å². The van der Waals surface area contributed by atoms with E-state index in [4.69, 9.17) is 14.2 Å². The Balaban J connectivity index is 1.66. The van der Waals surface area contributed by atoms with Crippen LogP contribution in [0.25, 0.3) is 0 Å². The van der Waals surface area contributed by atoms with Crippen LogP contribution in [0.2, 0.25) is 0 Å². The lowest BCUT2D eigenvalue weighted by Gasteiger charge is -2.24. The standard InChI is InChI=1S/C17H14O5/c1-11(18)12-6-8-13(9-7-12)21-17(19)16-10-20-14-4-2-3-5-15(14)22-16/h2-9,16H,10H2,1H3. The molecule has 1 aliphatic rings. The molecule has 0 saturated carbocycles. The number of benzene rings is 2. The molecule has 1 aliphatic heterocycles. The Morgan fingerprint density at radius 2 is 1.73 bits per heavy atom. The minimum Gasteiger partial charge on any atom is -0.485 e. The topological polar surface area (TPSA) is 61.8 Å². The zero-order valence-electron chi connectivity index (χ0n) is 11.9. The van der Waals surface area contributed by atoms with Crippen molar-refractivity contribution in [1.82, 2.24) is 0 Å². The monoisotopic (exact) mass is 298 g/mol. The number of para-hydroxylation sites is 2. The highest BCUT2D eigenvalue weighted by Gasteiger charge is 2.29. The van der Waals surface area contributed by atoms with E-state index in [0.29, 0.717) is 22.8 Å². The third-order valence-electron chi connectivity index (χ3n) is 3.25. The van der Waals surface area contributed by atoms with E-state index in [9.17, 15) is 9.59 Å². The fraction of sp³-hybridized carbons (Fsp3) is 0.176. The van der Waals surface area contributed by atoms with Gasteiger partial charge in [0.05, 0.1) is 0 Å². The quantitative estimate of drug-likeness (QED) is 0.495. The summed E-state index contributed by atoms with van der Waals surface area (Å²) in [7, 11) is 0.